The van der Waals surface area contributed by atoms with Crippen LogP contribution in [-0.4, -0.2) is 30.4 Å². The summed E-state index contributed by atoms with van der Waals surface area (Å²) in [5.41, 5.74) is 1.79. The lowest BCUT2D eigenvalue weighted by molar-refractivity contribution is -0.145. The maximum atomic E-state index is 12.5. The molecule has 4 nitrogen and oxygen atoms in total. The van der Waals surface area contributed by atoms with Crippen LogP contribution in [0.2, 0.25) is 0 Å². The zero-order valence-corrected chi connectivity index (χ0v) is 14.8. The summed E-state index contributed by atoms with van der Waals surface area (Å²) in [5.74, 6) is -0.347. The van der Waals surface area contributed by atoms with Crippen molar-refractivity contribution in [2.45, 2.75) is 38.8 Å². The number of ether oxygens (including phenoxy) is 1. The van der Waals surface area contributed by atoms with Crippen molar-refractivity contribution in [2.75, 3.05) is 6.61 Å². The predicted molar refractivity (Wildman–Crippen MR) is 98.6 cm³/mol. The largest absolute Gasteiger partial charge is 0.465 e. The van der Waals surface area contributed by atoms with Crippen LogP contribution in [0.5, 0.6) is 0 Å². The number of hydrogen-bond donors (Lipinski definition) is 1. The van der Waals surface area contributed by atoms with Gasteiger partial charge in [-0.2, -0.15) is 0 Å². The molecule has 0 aliphatic carbocycles. The summed E-state index contributed by atoms with van der Waals surface area (Å²) >= 11 is 0. The minimum atomic E-state index is -0.511. The van der Waals surface area contributed by atoms with Crippen LogP contribution in [0.4, 0.5) is 0 Å². The van der Waals surface area contributed by atoms with Crippen molar-refractivity contribution in [3.8, 4) is 0 Å². The molecule has 4 heteroatoms. The van der Waals surface area contributed by atoms with Crippen molar-refractivity contribution in [3.05, 3.63) is 71.8 Å². The lowest BCUT2D eigenvalue weighted by Crippen LogP contribution is -2.46. The van der Waals surface area contributed by atoms with E-state index >= 15 is 0 Å². The molecule has 0 aliphatic heterocycles. The average Bonchev–Trinajstić information content (AvgIpc) is 2.66. The van der Waals surface area contributed by atoms with Crippen LogP contribution in [-0.2, 0) is 16.0 Å². The van der Waals surface area contributed by atoms with Crippen molar-refractivity contribution in [3.63, 3.8) is 0 Å². The summed E-state index contributed by atoms with van der Waals surface area (Å²) in [5, 5.41) is 3.15. The molecule has 2 atom stereocenters. The SMILES string of the molecule is CCOC(=O)[C@H](CCc1ccccc1)NC(C)C(=O)c1ccccc1. The second kappa shape index (κ2) is 9.74. The molecule has 0 radical (unpaired) electrons. The molecule has 0 saturated heterocycles. The smallest absolute Gasteiger partial charge is 0.323 e. The summed E-state index contributed by atoms with van der Waals surface area (Å²) in [6.07, 6.45) is 1.32. The van der Waals surface area contributed by atoms with Crippen LogP contribution in [0.25, 0.3) is 0 Å². The molecule has 0 fully saturated rings. The third-order valence-electron chi connectivity index (χ3n) is 4.04. The first kappa shape index (κ1) is 18.9. The number of rotatable bonds is 9. The summed E-state index contributed by atoms with van der Waals surface area (Å²) < 4.78 is 5.17. The van der Waals surface area contributed by atoms with Crippen LogP contribution in [0.3, 0.4) is 0 Å². The Kier molecular flexibility index (Phi) is 7.36. The Labute approximate surface area is 149 Å². The fourth-order valence-corrected chi connectivity index (χ4v) is 2.70. The van der Waals surface area contributed by atoms with Crippen LogP contribution in [0.15, 0.2) is 60.7 Å². The molecule has 2 aromatic carbocycles. The maximum Gasteiger partial charge on any atom is 0.323 e. The van der Waals surface area contributed by atoms with Crippen LogP contribution in [0, 0.1) is 0 Å². The molecule has 132 valence electrons. The molecule has 1 N–H and O–H groups in total. The Morgan fingerprint density at radius 3 is 2.20 bits per heavy atom. The van der Waals surface area contributed by atoms with E-state index in [9.17, 15) is 9.59 Å². The van der Waals surface area contributed by atoms with E-state index in [0.29, 0.717) is 18.6 Å². The molecule has 0 heterocycles. The summed E-state index contributed by atoms with van der Waals surface area (Å²) in [7, 11) is 0. The summed E-state index contributed by atoms with van der Waals surface area (Å²) in [6, 6.07) is 18.1. The Morgan fingerprint density at radius 1 is 1.00 bits per heavy atom. The molecule has 2 aromatic rings. The molecule has 0 aromatic heterocycles. The minimum absolute atomic E-state index is 0.0328. The van der Waals surface area contributed by atoms with Gasteiger partial charge in [-0.15, -0.1) is 0 Å². The lowest BCUT2D eigenvalue weighted by Gasteiger charge is -2.21. The fraction of sp³-hybridized carbons (Fsp3) is 0.333. The van der Waals surface area contributed by atoms with Crippen LogP contribution < -0.4 is 5.32 Å². The number of benzene rings is 2. The zero-order valence-electron chi connectivity index (χ0n) is 14.8. The van der Waals surface area contributed by atoms with Gasteiger partial charge < -0.3 is 4.74 Å². The molecule has 0 spiro atoms. The third kappa shape index (κ3) is 5.84. The van der Waals surface area contributed by atoms with Gasteiger partial charge >= 0.3 is 5.97 Å². The topological polar surface area (TPSA) is 55.4 Å². The first-order chi connectivity index (χ1) is 12.1. The number of Topliss-reactive ketones (excluding diaryl/α,β-unsaturated/α-hetero) is 1. The highest BCUT2D eigenvalue weighted by molar-refractivity contribution is 6.00. The van der Waals surface area contributed by atoms with E-state index in [1.54, 1.807) is 26.0 Å². The molecule has 2 rings (SSSR count). The molecule has 1 unspecified atom stereocenters. The first-order valence-electron chi connectivity index (χ1n) is 8.67. The number of carbonyl (C=O) groups is 2. The van der Waals surface area contributed by atoms with Gasteiger partial charge in [0.2, 0.25) is 0 Å². The molecule has 25 heavy (non-hydrogen) atoms. The van der Waals surface area contributed by atoms with Gasteiger partial charge in [-0.3, -0.25) is 14.9 Å². The van der Waals surface area contributed by atoms with Crippen molar-refractivity contribution in [1.29, 1.82) is 0 Å². The highest BCUT2D eigenvalue weighted by Gasteiger charge is 2.25. The van der Waals surface area contributed by atoms with E-state index in [4.69, 9.17) is 4.74 Å². The van der Waals surface area contributed by atoms with Gasteiger partial charge in [0.25, 0.3) is 0 Å². The van der Waals surface area contributed by atoms with Crippen molar-refractivity contribution < 1.29 is 14.3 Å². The first-order valence-corrected chi connectivity index (χ1v) is 8.67. The quantitative estimate of drug-likeness (QED) is 0.562. The van der Waals surface area contributed by atoms with Crippen molar-refractivity contribution in [1.82, 2.24) is 5.32 Å². The highest BCUT2D eigenvalue weighted by atomic mass is 16.5. The van der Waals surface area contributed by atoms with E-state index in [-0.39, 0.29) is 11.8 Å². The number of hydrogen-bond acceptors (Lipinski definition) is 4. The standard InChI is InChI=1S/C21H25NO3/c1-3-25-21(24)19(15-14-17-10-6-4-7-11-17)22-16(2)20(23)18-12-8-5-9-13-18/h4-13,16,19,22H,3,14-15H2,1-2H3/t16?,19-/m0/s1. The number of nitrogens with one attached hydrogen (secondary N) is 1. The zero-order chi connectivity index (χ0) is 18.1. The van der Waals surface area contributed by atoms with Crippen molar-refractivity contribution >= 4 is 11.8 Å². The monoisotopic (exact) mass is 339 g/mol. The van der Waals surface area contributed by atoms with Crippen molar-refractivity contribution in [2.24, 2.45) is 0 Å². The van der Waals surface area contributed by atoms with Gasteiger partial charge in [0.15, 0.2) is 5.78 Å². The van der Waals surface area contributed by atoms with Gasteiger partial charge in [0.1, 0.15) is 6.04 Å². The predicted octanol–water partition coefficient (Wildman–Crippen LogP) is 3.41. The van der Waals surface area contributed by atoms with E-state index in [2.05, 4.69) is 5.32 Å². The molecular formula is C21H25NO3. The number of carbonyl (C=O) groups excluding carboxylic acids is 2. The Hall–Kier alpha value is -2.46. The van der Waals surface area contributed by atoms with Gasteiger partial charge in [-0.25, -0.2) is 0 Å². The Balaban J connectivity index is 2.02. The maximum absolute atomic E-state index is 12.5. The molecule has 0 bridgehead atoms. The van der Waals surface area contributed by atoms with E-state index in [1.807, 2.05) is 48.5 Å². The van der Waals surface area contributed by atoms with Crippen LogP contribution in [0.1, 0.15) is 36.2 Å². The van der Waals surface area contributed by atoms with E-state index in [1.165, 1.54) is 0 Å². The van der Waals surface area contributed by atoms with Gasteiger partial charge in [0, 0.05) is 5.56 Å². The third-order valence-corrected chi connectivity index (χ3v) is 4.04. The fourth-order valence-electron chi connectivity index (χ4n) is 2.70. The average molecular weight is 339 g/mol. The summed E-state index contributed by atoms with van der Waals surface area (Å²) in [6.45, 7) is 3.89. The Bertz CT molecular complexity index is 670. The summed E-state index contributed by atoms with van der Waals surface area (Å²) in [4.78, 5) is 24.8. The van der Waals surface area contributed by atoms with Gasteiger partial charge in [-0.05, 0) is 32.3 Å². The Morgan fingerprint density at radius 2 is 1.60 bits per heavy atom. The van der Waals surface area contributed by atoms with Gasteiger partial charge in [-0.1, -0.05) is 60.7 Å². The molecular weight excluding hydrogens is 314 g/mol. The second-order valence-corrected chi connectivity index (χ2v) is 5.95. The highest BCUT2D eigenvalue weighted by Crippen LogP contribution is 2.09. The normalized spacial score (nSPS) is 13.0. The number of esters is 1. The number of ketones is 1. The lowest BCUT2D eigenvalue weighted by atomic mass is 10.0. The number of aryl methyl sites for hydroxylation is 1. The molecule has 0 amide bonds. The van der Waals surface area contributed by atoms with Gasteiger partial charge in [0.05, 0.1) is 12.6 Å². The second-order valence-electron chi connectivity index (χ2n) is 5.95. The van der Waals surface area contributed by atoms with Crippen LogP contribution >= 0.6 is 0 Å². The minimum Gasteiger partial charge on any atom is -0.465 e. The van der Waals surface area contributed by atoms with E-state index in [0.717, 1.165) is 12.0 Å². The molecule has 0 saturated carbocycles. The molecule has 0 aliphatic rings. The van der Waals surface area contributed by atoms with E-state index < -0.39 is 12.1 Å².